The van der Waals surface area contributed by atoms with E-state index >= 15 is 0 Å². The summed E-state index contributed by atoms with van der Waals surface area (Å²) in [6.07, 6.45) is 0.918. The predicted molar refractivity (Wildman–Crippen MR) is 77.3 cm³/mol. The molecular weight excluding hydrogens is 240 g/mol. The topological polar surface area (TPSA) is 50.4 Å². The van der Waals surface area contributed by atoms with Crippen LogP contribution in [0.3, 0.4) is 0 Å². The van der Waals surface area contributed by atoms with Gasteiger partial charge in [0, 0.05) is 18.2 Å². The molecule has 1 aromatic carbocycles. The second kappa shape index (κ2) is 7.79. The molecule has 0 heterocycles. The lowest BCUT2D eigenvalue weighted by Crippen LogP contribution is -2.35. The predicted octanol–water partition coefficient (Wildman–Crippen LogP) is 2.01. The lowest BCUT2D eigenvalue weighted by atomic mass is 10.1. The van der Waals surface area contributed by atoms with E-state index in [0.29, 0.717) is 0 Å². The second-order valence-corrected chi connectivity index (χ2v) is 4.81. The summed E-state index contributed by atoms with van der Waals surface area (Å²) in [4.78, 5) is 11.7. The van der Waals surface area contributed by atoms with Crippen molar-refractivity contribution in [2.45, 2.75) is 39.8 Å². The third kappa shape index (κ3) is 5.30. The van der Waals surface area contributed by atoms with Gasteiger partial charge >= 0.3 is 0 Å². The van der Waals surface area contributed by atoms with Gasteiger partial charge in [0.2, 0.25) is 0 Å². The van der Waals surface area contributed by atoms with Crippen LogP contribution in [0.25, 0.3) is 0 Å². The van der Waals surface area contributed by atoms with E-state index in [1.165, 1.54) is 5.56 Å². The van der Waals surface area contributed by atoms with Crippen LogP contribution in [0.2, 0.25) is 0 Å². The number of ether oxygens (including phenoxy) is 1. The van der Waals surface area contributed by atoms with Crippen LogP contribution in [0.1, 0.15) is 31.4 Å². The second-order valence-electron chi connectivity index (χ2n) is 4.81. The van der Waals surface area contributed by atoms with Gasteiger partial charge in [-0.05, 0) is 33.4 Å². The SMILES string of the molecule is CCC(C)NC(=O)COc1ccc(C)cc1CNC. The highest BCUT2D eigenvalue weighted by Gasteiger charge is 2.08. The monoisotopic (exact) mass is 264 g/mol. The van der Waals surface area contributed by atoms with E-state index in [0.717, 1.165) is 24.3 Å². The summed E-state index contributed by atoms with van der Waals surface area (Å²) in [6, 6.07) is 6.16. The van der Waals surface area contributed by atoms with Crippen LogP contribution >= 0.6 is 0 Å². The molecule has 1 aromatic rings. The van der Waals surface area contributed by atoms with E-state index in [4.69, 9.17) is 4.74 Å². The van der Waals surface area contributed by atoms with Crippen LogP contribution in [0, 0.1) is 6.92 Å². The standard InChI is InChI=1S/C15H24N2O2/c1-5-12(3)17-15(18)10-19-14-7-6-11(2)8-13(14)9-16-4/h6-8,12,16H,5,9-10H2,1-4H3,(H,17,18). The summed E-state index contributed by atoms with van der Waals surface area (Å²) in [5.41, 5.74) is 2.25. The number of benzene rings is 1. The molecule has 4 nitrogen and oxygen atoms in total. The van der Waals surface area contributed by atoms with Crippen molar-refractivity contribution < 1.29 is 9.53 Å². The first-order chi connectivity index (χ1) is 9.06. The van der Waals surface area contributed by atoms with Crippen LogP contribution in [-0.2, 0) is 11.3 Å². The molecule has 0 saturated carbocycles. The van der Waals surface area contributed by atoms with Gasteiger partial charge in [0.25, 0.3) is 5.91 Å². The lowest BCUT2D eigenvalue weighted by molar-refractivity contribution is -0.123. The molecule has 0 aliphatic heterocycles. The summed E-state index contributed by atoms with van der Waals surface area (Å²) >= 11 is 0. The molecule has 0 spiro atoms. The molecule has 1 unspecified atom stereocenters. The van der Waals surface area contributed by atoms with Crippen molar-refractivity contribution >= 4 is 5.91 Å². The molecule has 0 fully saturated rings. The summed E-state index contributed by atoms with van der Waals surface area (Å²) in [7, 11) is 1.89. The Morgan fingerprint density at radius 3 is 2.79 bits per heavy atom. The largest absolute Gasteiger partial charge is 0.483 e. The molecule has 0 aliphatic rings. The van der Waals surface area contributed by atoms with Crippen LogP contribution in [-0.4, -0.2) is 25.6 Å². The number of hydrogen-bond acceptors (Lipinski definition) is 3. The molecule has 19 heavy (non-hydrogen) atoms. The number of amides is 1. The Kier molecular flexibility index (Phi) is 6.36. The highest BCUT2D eigenvalue weighted by molar-refractivity contribution is 5.77. The highest BCUT2D eigenvalue weighted by atomic mass is 16.5. The summed E-state index contributed by atoms with van der Waals surface area (Å²) in [5, 5.41) is 5.98. The van der Waals surface area contributed by atoms with Crippen LogP contribution < -0.4 is 15.4 Å². The smallest absolute Gasteiger partial charge is 0.258 e. The quantitative estimate of drug-likeness (QED) is 0.792. The van der Waals surface area contributed by atoms with Gasteiger partial charge in [-0.1, -0.05) is 24.6 Å². The van der Waals surface area contributed by atoms with Crippen molar-refractivity contribution in [2.75, 3.05) is 13.7 Å². The van der Waals surface area contributed by atoms with Crippen LogP contribution in [0.4, 0.5) is 0 Å². The average molecular weight is 264 g/mol. The number of carbonyl (C=O) groups is 1. The maximum Gasteiger partial charge on any atom is 0.258 e. The molecule has 1 rings (SSSR count). The van der Waals surface area contributed by atoms with Crippen molar-refractivity contribution in [3.8, 4) is 5.75 Å². The third-order valence-electron chi connectivity index (χ3n) is 2.96. The summed E-state index contributed by atoms with van der Waals surface area (Å²) in [5.74, 6) is 0.685. The normalized spacial score (nSPS) is 12.0. The minimum atomic E-state index is -0.0784. The fraction of sp³-hybridized carbons (Fsp3) is 0.533. The van der Waals surface area contributed by atoms with Crippen molar-refractivity contribution in [3.05, 3.63) is 29.3 Å². The van der Waals surface area contributed by atoms with Gasteiger partial charge in [-0.25, -0.2) is 0 Å². The molecule has 2 N–H and O–H groups in total. The Balaban J connectivity index is 2.59. The number of aryl methyl sites for hydroxylation is 1. The molecule has 0 saturated heterocycles. The van der Waals surface area contributed by atoms with Crippen molar-refractivity contribution in [2.24, 2.45) is 0 Å². The van der Waals surface area contributed by atoms with Crippen LogP contribution in [0.5, 0.6) is 5.75 Å². The Hall–Kier alpha value is -1.55. The Morgan fingerprint density at radius 1 is 1.42 bits per heavy atom. The van der Waals surface area contributed by atoms with Crippen molar-refractivity contribution in [3.63, 3.8) is 0 Å². The van der Waals surface area contributed by atoms with E-state index in [9.17, 15) is 4.79 Å². The zero-order chi connectivity index (χ0) is 14.3. The van der Waals surface area contributed by atoms with E-state index in [2.05, 4.69) is 16.7 Å². The van der Waals surface area contributed by atoms with Gasteiger partial charge in [-0.15, -0.1) is 0 Å². The first-order valence-corrected chi connectivity index (χ1v) is 6.73. The minimum absolute atomic E-state index is 0.0596. The van der Waals surface area contributed by atoms with Gasteiger partial charge in [-0.3, -0.25) is 4.79 Å². The molecule has 4 heteroatoms. The summed E-state index contributed by atoms with van der Waals surface area (Å²) in [6.45, 7) is 6.85. The third-order valence-corrected chi connectivity index (χ3v) is 2.96. The molecule has 0 radical (unpaired) electrons. The number of hydrogen-bond donors (Lipinski definition) is 2. The van der Waals surface area contributed by atoms with Gasteiger partial charge in [0.15, 0.2) is 6.61 Å². The Bertz CT molecular complexity index is 419. The molecule has 0 aliphatic carbocycles. The van der Waals surface area contributed by atoms with E-state index in [-0.39, 0.29) is 18.6 Å². The zero-order valence-corrected chi connectivity index (χ0v) is 12.2. The number of carbonyl (C=O) groups excluding carboxylic acids is 1. The van der Waals surface area contributed by atoms with Crippen molar-refractivity contribution in [1.82, 2.24) is 10.6 Å². The van der Waals surface area contributed by atoms with E-state index in [1.807, 2.05) is 40.0 Å². The maximum atomic E-state index is 11.7. The first kappa shape index (κ1) is 15.5. The molecule has 106 valence electrons. The molecule has 1 atom stereocenters. The lowest BCUT2D eigenvalue weighted by Gasteiger charge is -2.14. The fourth-order valence-electron chi connectivity index (χ4n) is 1.74. The van der Waals surface area contributed by atoms with E-state index in [1.54, 1.807) is 0 Å². The van der Waals surface area contributed by atoms with E-state index < -0.39 is 0 Å². The maximum absolute atomic E-state index is 11.7. The molecule has 0 aromatic heterocycles. The number of nitrogens with one attached hydrogen (secondary N) is 2. The Morgan fingerprint density at radius 2 is 2.16 bits per heavy atom. The summed E-state index contributed by atoms with van der Waals surface area (Å²) < 4.78 is 5.60. The fourth-order valence-corrected chi connectivity index (χ4v) is 1.74. The van der Waals surface area contributed by atoms with Crippen LogP contribution in [0.15, 0.2) is 18.2 Å². The minimum Gasteiger partial charge on any atom is -0.483 e. The molecular formula is C15H24N2O2. The molecule has 1 amide bonds. The number of rotatable bonds is 7. The van der Waals surface area contributed by atoms with Gasteiger partial charge in [0.1, 0.15) is 5.75 Å². The highest BCUT2D eigenvalue weighted by Crippen LogP contribution is 2.19. The van der Waals surface area contributed by atoms with Gasteiger partial charge in [0.05, 0.1) is 0 Å². The first-order valence-electron chi connectivity index (χ1n) is 6.73. The zero-order valence-electron chi connectivity index (χ0n) is 12.2. The van der Waals surface area contributed by atoms with Crippen molar-refractivity contribution in [1.29, 1.82) is 0 Å². The molecule has 0 bridgehead atoms. The van der Waals surface area contributed by atoms with Gasteiger partial charge < -0.3 is 15.4 Å². The Labute approximate surface area is 115 Å². The van der Waals surface area contributed by atoms with Gasteiger partial charge in [-0.2, -0.15) is 0 Å². The average Bonchev–Trinajstić information content (AvgIpc) is 2.38.